The summed E-state index contributed by atoms with van der Waals surface area (Å²) in [6.45, 7) is 4.05. The summed E-state index contributed by atoms with van der Waals surface area (Å²) >= 11 is 0. The van der Waals surface area contributed by atoms with E-state index < -0.39 is 0 Å². The molecule has 0 aliphatic carbocycles. The van der Waals surface area contributed by atoms with Crippen molar-refractivity contribution in [2.45, 2.75) is 32.2 Å². The minimum absolute atomic E-state index is 0.0598. The predicted octanol–water partition coefficient (Wildman–Crippen LogP) is 0.872. The van der Waals surface area contributed by atoms with Crippen LogP contribution < -0.4 is 15.4 Å². The van der Waals surface area contributed by atoms with Gasteiger partial charge in [0.25, 0.3) is 0 Å². The van der Waals surface area contributed by atoms with Crippen LogP contribution >= 0.6 is 0 Å². The molecule has 1 unspecified atom stereocenters. The first kappa shape index (κ1) is 22.5. The number of rotatable bonds is 8. The van der Waals surface area contributed by atoms with Gasteiger partial charge in [-0.3, -0.25) is 9.59 Å². The minimum atomic E-state index is -0.0598. The fourth-order valence-corrected chi connectivity index (χ4v) is 3.08. The number of guanidine groups is 1. The van der Waals surface area contributed by atoms with Crippen LogP contribution in [0, 0.1) is 0 Å². The molecule has 0 bridgehead atoms. The molecule has 1 atom stereocenters. The van der Waals surface area contributed by atoms with Crippen molar-refractivity contribution in [2.24, 2.45) is 4.99 Å². The molecule has 0 spiro atoms. The standard InChI is InChI=1S/C21H33N5O3/c1-5-19(27)26-13-11-17(15-26)24-21(23-14-20(28)25(2)3)22-12-10-16-6-8-18(29-4)9-7-16/h6-9,17H,5,10-15H2,1-4H3,(H2,22,23,24). The van der Waals surface area contributed by atoms with E-state index in [0.29, 0.717) is 25.5 Å². The van der Waals surface area contributed by atoms with Crippen molar-refractivity contribution >= 4 is 17.8 Å². The predicted molar refractivity (Wildman–Crippen MR) is 114 cm³/mol. The molecule has 160 valence electrons. The second-order valence-electron chi connectivity index (χ2n) is 7.30. The molecule has 1 saturated heterocycles. The Morgan fingerprint density at radius 2 is 2.00 bits per heavy atom. The molecule has 0 saturated carbocycles. The van der Waals surface area contributed by atoms with Crippen LogP contribution in [0.4, 0.5) is 0 Å². The summed E-state index contributed by atoms with van der Waals surface area (Å²) in [6.07, 6.45) is 2.20. The van der Waals surface area contributed by atoms with Crippen LogP contribution in [0.1, 0.15) is 25.3 Å². The van der Waals surface area contributed by atoms with Crippen LogP contribution in [0.15, 0.2) is 29.3 Å². The zero-order valence-corrected chi connectivity index (χ0v) is 17.9. The van der Waals surface area contributed by atoms with Gasteiger partial charge in [0.1, 0.15) is 12.3 Å². The highest BCUT2D eigenvalue weighted by molar-refractivity contribution is 5.85. The normalized spacial score (nSPS) is 16.5. The van der Waals surface area contributed by atoms with E-state index >= 15 is 0 Å². The number of hydrogen-bond donors (Lipinski definition) is 2. The van der Waals surface area contributed by atoms with E-state index in [2.05, 4.69) is 15.6 Å². The lowest BCUT2D eigenvalue weighted by Gasteiger charge is -2.19. The van der Waals surface area contributed by atoms with Crippen molar-refractivity contribution in [1.82, 2.24) is 20.4 Å². The summed E-state index contributed by atoms with van der Waals surface area (Å²) in [4.78, 5) is 31.7. The maximum Gasteiger partial charge on any atom is 0.243 e. The quantitative estimate of drug-likeness (QED) is 0.497. The van der Waals surface area contributed by atoms with Gasteiger partial charge in [-0.05, 0) is 30.5 Å². The average molecular weight is 404 g/mol. The van der Waals surface area contributed by atoms with Gasteiger partial charge in [0.2, 0.25) is 11.8 Å². The zero-order chi connectivity index (χ0) is 21.2. The smallest absolute Gasteiger partial charge is 0.243 e. The number of nitrogens with zero attached hydrogens (tertiary/aromatic N) is 3. The molecule has 1 heterocycles. The highest BCUT2D eigenvalue weighted by Gasteiger charge is 2.25. The molecule has 29 heavy (non-hydrogen) atoms. The van der Waals surface area contributed by atoms with Crippen molar-refractivity contribution in [3.8, 4) is 5.75 Å². The number of amides is 2. The van der Waals surface area contributed by atoms with Gasteiger partial charge in [0.05, 0.1) is 7.11 Å². The molecular formula is C21H33N5O3. The van der Waals surface area contributed by atoms with E-state index in [1.807, 2.05) is 36.1 Å². The number of nitrogens with one attached hydrogen (secondary N) is 2. The molecule has 2 N–H and O–H groups in total. The number of methoxy groups -OCH3 is 1. The fourth-order valence-electron chi connectivity index (χ4n) is 3.08. The highest BCUT2D eigenvalue weighted by Crippen LogP contribution is 2.12. The van der Waals surface area contributed by atoms with Crippen LogP contribution in [-0.2, 0) is 16.0 Å². The molecule has 1 aromatic carbocycles. The van der Waals surface area contributed by atoms with E-state index in [4.69, 9.17) is 4.74 Å². The lowest BCUT2D eigenvalue weighted by molar-refractivity contribution is -0.130. The maximum absolute atomic E-state index is 11.9. The summed E-state index contributed by atoms with van der Waals surface area (Å²) < 4.78 is 5.18. The molecule has 1 aromatic rings. The first-order valence-corrected chi connectivity index (χ1v) is 10.1. The maximum atomic E-state index is 11.9. The molecule has 0 radical (unpaired) electrons. The first-order chi connectivity index (χ1) is 13.9. The van der Waals surface area contributed by atoms with Gasteiger partial charge in [-0.2, -0.15) is 0 Å². The third-order valence-corrected chi connectivity index (χ3v) is 4.92. The van der Waals surface area contributed by atoms with Crippen LogP contribution in [0.25, 0.3) is 0 Å². The second-order valence-corrected chi connectivity index (χ2v) is 7.30. The number of benzene rings is 1. The summed E-state index contributed by atoms with van der Waals surface area (Å²) in [5.74, 6) is 1.54. The molecular weight excluding hydrogens is 370 g/mol. The highest BCUT2D eigenvalue weighted by atomic mass is 16.5. The molecule has 2 amide bonds. The fraction of sp³-hybridized carbons (Fsp3) is 0.571. The van der Waals surface area contributed by atoms with Gasteiger partial charge in [0, 0.05) is 46.2 Å². The zero-order valence-electron chi connectivity index (χ0n) is 17.9. The average Bonchev–Trinajstić information content (AvgIpc) is 3.19. The van der Waals surface area contributed by atoms with Gasteiger partial charge >= 0.3 is 0 Å². The Kier molecular flexibility index (Phi) is 8.76. The van der Waals surface area contributed by atoms with Gasteiger partial charge < -0.3 is 25.2 Å². The van der Waals surface area contributed by atoms with Crippen LogP contribution in [0.3, 0.4) is 0 Å². The monoisotopic (exact) mass is 403 g/mol. The number of carbonyl (C=O) groups is 2. The molecule has 1 aliphatic rings. The number of ether oxygens (including phenoxy) is 1. The van der Waals surface area contributed by atoms with Gasteiger partial charge in [-0.1, -0.05) is 19.1 Å². The van der Waals surface area contributed by atoms with E-state index in [1.165, 1.54) is 10.5 Å². The summed E-state index contributed by atoms with van der Waals surface area (Å²) in [5.41, 5.74) is 1.18. The Bertz CT molecular complexity index is 703. The summed E-state index contributed by atoms with van der Waals surface area (Å²) in [7, 11) is 5.08. The topological polar surface area (TPSA) is 86.3 Å². The number of hydrogen-bond acceptors (Lipinski definition) is 4. The Morgan fingerprint density at radius 3 is 2.62 bits per heavy atom. The van der Waals surface area contributed by atoms with E-state index in [9.17, 15) is 9.59 Å². The van der Waals surface area contributed by atoms with Crippen molar-refractivity contribution in [3.63, 3.8) is 0 Å². The first-order valence-electron chi connectivity index (χ1n) is 10.1. The van der Waals surface area contributed by atoms with Gasteiger partial charge in [-0.15, -0.1) is 0 Å². The molecule has 1 aliphatic heterocycles. The van der Waals surface area contributed by atoms with E-state index in [1.54, 1.807) is 21.2 Å². The van der Waals surface area contributed by atoms with Gasteiger partial charge in [0.15, 0.2) is 5.96 Å². The molecule has 1 fully saturated rings. The van der Waals surface area contributed by atoms with Crippen molar-refractivity contribution in [3.05, 3.63) is 29.8 Å². The third-order valence-electron chi connectivity index (χ3n) is 4.92. The van der Waals surface area contributed by atoms with Gasteiger partial charge in [-0.25, -0.2) is 4.99 Å². The number of likely N-dealkylation sites (N-methyl/N-ethyl adjacent to an activating group) is 1. The number of carbonyl (C=O) groups excluding carboxylic acids is 2. The van der Waals surface area contributed by atoms with Crippen molar-refractivity contribution < 1.29 is 14.3 Å². The molecule has 8 heteroatoms. The van der Waals surface area contributed by atoms with Crippen molar-refractivity contribution in [1.29, 1.82) is 0 Å². The van der Waals surface area contributed by atoms with E-state index in [-0.39, 0.29) is 24.4 Å². The minimum Gasteiger partial charge on any atom is -0.497 e. The number of aliphatic imine (C=N–C) groups is 1. The SMILES string of the molecule is CCC(=O)N1CCC(NC(=NCC(=O)N(C)C)NCCc2ccc(OC)cc2)C1. The Balaban J connectivity index is 1.92. The van der Waals surface area contributed by atoms with Crippen LogP contribution in [-0.4, -0.2) is 81.0 Å². The number of likely N-dealkylation sites (tertiary alicyclic amines) is 1. The summed E-state index contributed by atoms with van der Waals surface area (Å²) in [5, 5.41) is 6.69. The van der Waals surface area contributed by atoms with Crippen LogP contribution in [0.5, 0.6) is 5.75 Å². The lowest BCUT2D eigenvalue weighted by Crippen LogP contribution is -2.46. The Morgan fingerprint density at radius 1 is 1.28 bits per heavy atom. The molecule has 0 aromatic heterocycles. The van der Waals surface area contributed by atoms with E-state index in [0.717, 1.165) is 25.1 Å². The summed E-state index contributed by atoms with van der Waals surface area (Å²) in [6, 6.07) is 8.08. The second kappa shape index (κ2) is 11.3. The molecule has 8 nitrogen and oxygen atoms in total. The third kappa shape index (κ3) is 7.29. The van der Waals surface area contributed by atoms with Crippen molar-refractivity contribution in [2.75, 3.05) is 47.4 Å². The Labute approximate surface area is 173 Å². The Hall–Kier alpha value is -2.77. The lowest BCUT2D eigenvalue weighted by atomic mass is 10.1. The van der Waals surface area contributed by atoms with Crippen LogP contribution in [0.2, 0.25) is 0 Å². The molecule has 2 rings (SSSR count). The largest absolute Gasteiger partial charge is 0.497 e.